The Morgan fingerprint density at radius 1 is 1.33 bits per heavy atom. The van der Waals surface area contributed by atoms with Crippen molar-refractivity contribution in [2.45, 2.75) is 45.8 Å². The van der Waals surface area contributed by atoms with Crippen LogP contribution in [0, 0.1) is 11.3 Å². The van der Waals surface area contributed by atoms with Crippen LogP contribution in [-0.4, -0.2) is 35.8 Å². The van der Waals surface area contributed by atoms with Crippen LogP contribution in [0.3, 0.4) is 0 Å². The first-order chi connectivity index (χ1) is 11.1. The standard InChI is InChI=1S/C17H22BN3O3/c1-12(22)21-11-15(7-13-6-14(8-19)10-20-9-13)18-23-16(2,3)17(4,5)24-18/h6-7,9-10H,11H2,1-5H3,(H,21,22). The van der Waals surface area contributed by atoms with Gasteiger partial charge < -0.3 is 14.6 Å². The molecule has 0 spiro atoms. The van der Waals surface area contributed by atoms with Crippen LogP contribution in [0.1, 0.15) is 45.7 Å². The Morgan fingerprint density at radius 3 is 2.50 bits per heavy atom. The van der Waals surface area contributed by atoms with E-state index in [0.717, 1.165) is 11.0 Å². The topological polar surface area (TPSA) is 84.2 Å². The molecule has 1 aliphatic rings. The summed E-state index contributed by atoms with van der Waals surface area (Å²) >= 11 is 0. The van der Waals surface area contributed by atoms with E-state index in [1.54, 1.807) is 12.3 Å². The monoisotopic (exact) mass is 327 g/mol. The fraction of sp³-hybridized carbons (Fsp3) is 0.471. The molecule has 1 aromatic rings. The van der Waals surface area contributed by atoms with Crippen molar-refractivity contribution in [2.75, 3.05) is 6.54 Å². The molecular weight excluding hydrogens is 305 g/mol. The molecule has 6 nitrogen and oxygen atoms in total. The number of amides is 1. The number of pyridine rings is 1. The van der Waals surface area contributed by atoms with Gasteiger partial charge in [0.2, 0.25) is 5.91 Å². The van der Waals surface area contributed by atoms with Gasteiger partial charge in [0.15, 0.2) is 0 Å². The fourth-order valence-corrected chi connectivity index (χ4v) is 2.24. The zero-order valence-electron chi connectivity index (χ0n) is 14.7. The SMILES string of the molecule is CC(=O)NCC(=Cc1cncc(C#N)c1)B1OC(C)(C)C(C)(C)O1. The minimum Gasteiger partial charge on any atom is -0.400 e. The Balaban J connectivity index is 2.33. The Labute approximate surface area is 143 Å². The number of nitriles is 1. The summed E-state index contributed by atoms with van der Waals surface area (Å²) < 4.78 is 12.1. The van der Waals surface area contributed by atoms with Gasteiger partial charge in [0.1, 0.15) is 6.07 Å². The number of carbonyl (C=O) groups is 1. The lowest BCUT2D eigenvalue weighted by atomic mass is 9.77. The average Bonchev–Trinajstić information content (AvgIpc) is 2.71. The maximum absolute atomic E-state index is 11.3. The van der Waals surface area contributed by atoms with Crippen molar-refractivity contribution in [3.63, 3.8) is 0 Å². The quantitative estimate of drug-likeness (QED) is 0.856. The highest BCUT2D eigenvalue weighted by Crippen LogP contribution is 2.38. The zero-order valence-corrected chi connectivity index (χ0v) is 14.7. The van der Waals surface area contributed by atoms with E-state index in [0.29, 0.717) is 12.1 Å². The number of aromatic nitrogens is 1. The molecule has 1 saturated heterocycles. The van der Waals surface area contributed by atoms with Gasteiger partial charge in [-0.2, -0.15) is 5.26 Å². The van der Waals surface area contributed by atoms with Crippen LogP contribution in [0.15, 0.2) is 23.9 Å². The van der Waals surface area contributed by atoms with Crippen LogP contribution >= 0.6 is 0 Å². The van der Waals surface area contributed by atoms with E-state index in [4.69, 9.17) is 14.6 Å². The minimum absolute atomic E-state index is 0.138. The Bertz CT molecular complexity index is 691. The third-order valence-electron chi connectivity index (χ3n) is 4.34. The van der Waals surface area contributed by atoms with Crippen LogP contribution < -0.4 is 5.32 Å². The molecule has 0 aliphatic carbocycles. The predicted octanol–water partition coefficient (Wildman–Crippen LogP) is 2.10. The number of nitrogens with one attached hydrogen (secondary N) is 1. The van der Waals surface area contributed by atoms with Crippen molar-refractivity contribution < 1.29 is 14.1 Å². The van der Waals surface area contributed by atoms with Gasteiger partial charge in [0.05, 0.1) is 16.8 Å². The molecule has 0 atom stereocenters. The molecule has 1 amide bonds. The number of hydrogen-bond donors (Lipinski definition) is 1. The minimum atomic E-state index is -0.576. The van der Waals surface area contributed by atoms with E-state index in [1.165, 1.54) is 13.1 Å². The molecule has 0 aromatic carbocycles. The van der Waals surface area contributed by atoms with E-state index in [1.807, 2.05) is 33.8 Å². The van der Waals surface area contributed by atoms with Crippen LogP contribution in [0.25, 0.3) is 6.08 Å². The van der Waals surface area contributed by atoms with Crippen molar-refractivity contribution >= 4 is 19.1 Å². The highest BCUT2D eigenvalue weighted by Gasteiger charge is 2.52. The molecule has 1 aliphatic heterocycles. The highest BCUT2D eigenvalue weighted by atomic mass is 16.7. The summed E-state index contributed by atoms with van der Waals surface area (Å²) in [6.07, 6.45) is 4.99. The maximum Gasteiger partial charge on any atom is 0.492 e. The molecule has 1 aromatic heterocycles. The number of nitrogens with zero attached hydrogens (tertiary/aromatic N) is 2. The summed E-state index contributed by atoms with van der Waals surface area (Å²) in [6.45, 7) is 9.65. The van der Waals surface area contributed by atoms with Gasteiger partial charge in [0, 0.05) is 25.9 Å². The average molecular weight is 327 g/mol. The van der Waals surface area contributed by atoms with Crippen LogP contribution in [0.5, 0.6) is 0 Å². The fourth-order valence-electron chi connectivity index (χ4n) is 2.24. The summed E-state index contributed by atoms with van der Waals surface area (Å²) in [5.41, 5.74) is 1.04. The van der Waals surface area contributed by atoms with E-state index in [-0.39, 0.29) is 5.91 Å². The van der Waals surface area contributed by atoms with Crippen molar-refractivity contribution in [1.29, 1.82) is 5.26 Å². The third-order valence-corrected chi connectivity index (χ3v) is 4.34. The normalized spacial score (nSPS) is 19.0. The molecule has 0 unspecified atom stereocenters. The van der Waals surface area contributed by atoms with Crippen LogP contribution in [0.2, 0.25) is 0 Å². The second-order valence-corrected chi connectivity index (χ2v) is 6.84. The van der Waals surface area contributed by atoms with Gasteiger partial charge >= 0.3 is 7.12 Å². The van der Waals surface area contributed by atoms with E-state index in [9.17, 15) is 4.79 Å². The number of hydrogen-bond acceptors (Lipinski definition) is 5. The Morgan fingerprint density at radius 2 is 1.96 bits per heavy atom. The Hall–Kier alpha value is -2.17. The number of carbonyl (C=O) groups excluding carboxylic acids is 1. The van der Waals surface area contributed by atoms with Gasteiger partial charge in [-0.25, -0.2) is 0 Å². The lowest BCUT2D eigenvalue weighted by molar-refractivity contribution is -0.118. The van der Waals surface area contributed by atoms with E-state index < -0.39 is 18.3 Å². The molecule has 0 saturated carbocycles. The van der Waals surface area contributed by atoms with E-state index >= 15 is 0 Å². The lowest BCUT2D eigenvalue weighted by Gasteiger charge is -2.32. The predicted molar refractivity (Wildman–Crippen MR) is 91.7 cm³/mol. The molecule has 126 valence electrons. The third kappa shape index (κ3) is 4.02. The molecule has 2 heterocycles. The Kier molecular flexibility index (Phi) is 5.12. The van der Waals surface area contributed by atoms with Crippen molar-refractivity contribution in [1.82, 2.24) is 10.3 Å². The first-order valence-electron chi connectivity index (χ1n) is 7.80. The smallest absolute Gasteiger partial charge is 0.400 e. The second-order valence-electron chi connectivity index (χ2n) is 6.84. The van der Waals surface area contributed by atoms with Crippen molar-refractivity contribution in [3.8, 4) is 6.07 Å². The molecule has 7 heteroatoms. The molecule has 1 fully saturated rings. The molecule has 2 rings (SSSR count). The molecule has 0 radical (unpaired) electrons. The molecule has 24 heavy (non-hydrogen) atoms. The highest BCUT2D eigenvalue weighted by molar-refractivity contribution is 6.56. The summed E-state index contributed by atoms with van der Waals surface area (Å²) in [7, 11) is -0.576. The van der Waals surface area contributed by atoms with Crippen molar-refractivity contribution in [2.24, 2.45) is 0 Å². The molecular formula is C17H22BN3O3. The summed E-state index contributed by atoms with van der Waals surface area (Å²) in [4.78, 5) is 15.3. The second kappa shape index (κ2) is 6.75. The molecule has 0 bridgehead atoms. The van der Waals surface area contributed by atoms with Crippen LogP contribution in [0.4, 0.5) is 0 Å². The first kappa shape index (κ1) is 18.2. The van der Waals surface area contributed by atoms with Gasteiger partial charge in [-0.05, 0) is 44.8 Å². The summed E-state index contributed by atoms with van der Waals surface area (Å²) in [5.74, 6) is -0.138. The van der Waals surface area contributed by atoms with Crippen molar-refractivity contribution in [3.05, 3.63) is 35.1 Å². The first-order valence-corrected chi connectivity index (χ1v) is 7.80. The van der Waals surface area contributed by atoms with E-state index in [2.05, 4.69) is 16.4 Å². The zero-order chi connectivity index (χ0) is 18.0. The number of rotatable bonds is 4. The molecule has 1 N–H and O–H groups in total. The summed E-state index contributed by atoms with van der Waals surface area (Å²) in [6, 6.07) is 3.79. The van der Waals surface area contributed by atoms with Crippen LogP contribution in [-0.2, 0) is 14.1 Å². The lowest BCUT2D eigenvalue weighted by Crippen LogP contribution is -2.41. The van der Waals surface area contributed by atoms with Gasteiger partial charge in [-0.1, -0.05) is 6.08 Å². The largest absolute Gasteiger partial charge is 0.492 e. The van der Waals surface area contributed by atoms with Gasteiger partial charge in [-0.15, -0.1) is 0 Å². The van der Waals surface area contributed by atoms with Gasteiger partial charge in [0.25, 0.3) is 0 Å². The maximum atomic E-state index is 11.3. The van der Waals surface area contributed by atoms with Gasteiger partial charge in [-0.3, -0.25) is 9.78 Å². The summed E-state index contributed by atoms with van der Waals surface area (Å²) in [5, 5.41) is 11.8.